The van der Waals surface area contributed by atoms with E-state index in [-0.39, 0.29) is 6.04 Å². The van der Waals surface area contributed by atoms with Gasteiger partial charge < -0.3 is 19.9 Å². The van der Waals surface area contributed by atoms with Gasteiger partial charge in [0.2, 0.25) is 0 Å². The van der Waals surface area contributed by atoms with Crippen molar-refractivity contribution in [2.24, 2.45) is 0 Å². The third kappa shape index (κ3) is 5.21. The van der Waals surface area contributed by atoms with Gasteiger partial charge in [-0.3, -0.25) is 0 Å². The maximum atomic E-state index is 6.03. The minimum Gasteiger partial charge on any atom is -0.494 e. The summed E-state index contributed by atoms with van der Waals surface area (Å²) in [6.45, 7) is 5.25. The van der Waals surface area contributed by atoms with Crippen molar-refractivity contribution in [2.75, 3.05) is 26.7 Å². The molecule has 4 rings (SSSR count). The van der Waals surface area contributed by atoms with Crippen molar-refractivity contribution < 1.29 is 4.74 Å². The van der Waals surface area contributed by atoms with Crippen molar-refractivity contribution in [3.8, 4) is 5.75 Å². The zero-order valence-electron chi connectivity index (χ0n) is 18.2. The number of imidazole rings is 1. The molecule has 30 heavy (non-hydrogen) atoms. The highest BCUT2D eigenvalue weighted by Gasteiger charge is 2.24. The van der Waals surface area contributed by atoms with Crippen molar-refractivity contribution in [3.63, 3.8) is 0 Å². The van der Waals surface area contributed by atoms with Crippen LogP contribution >= 0.6 is 0 Å². The molecule has 1 fully saturated rings. The fraction of sp³-hybridized carbons (Fsp3) is 0.480. The minimum atomic E-state index is 0.0185. The standard InChI is InChI=1S/C25H34N4O/c1-3-4-7-17-30-21-10-8-9-19(18-21)24(26-20-13-15-29(2)16-14-20)25-27-22-11-5-6-12-23(22)28-25/h5-6,8-12,18,20,24,26H,3-4,7,13-17H2,1-2H3,(H,27,28). The molecule has 0 bridgehead atoms. The van der Waals surface area contributed by atoms with Gasteiger partial charge in [0.05, 0.1) is 23.7 Å². The molecule has 0 spiro atoms. The van der Waals surface area contributed by atoms with E-state index in [0.717, 1.165) is 61.6 Å². The zero-order chi connectivity index (χ0) is 20.8. The quantitative estimate of drug-likeness (QED) is 0.496. The lowest BCUT2D eigenvalue weighted by Gasteiger charge is -2.32. The molecule has 2 N–H and O–H groups in total. The Labute approximate surface area is 179 Å². The average molecular weight is 407 g/mol. The van der Waals surface area contributed by atoms with Crippen LogP contribution in [0.25, 0.3) is 11.0 Å². The van der Waals surface area contributed by atoms with E-state index in [9.17, 15) is 0 Å². The molecular formula is C25H34N4O. The Morgan fingerprint density at radius 3 is 2.77 bits per heavy atom. The molecule has 1 atom stereocenters. The van der Waals surface area contributed by atoms with Crippen LogP contribution in [0.2, 0.25) is 0 Å². The van der Waals surface area contributed by atoms with E-state index in [0.29, 0.717) is 6.04 Å². The minimum absolute atomic E-state index is 0.0185. The van der Waals surface area contributed by atoms with Gasteiger partial charge in [-0.2, -0.15) is 0 Å². The number of likely N-dealkylation sites (tertiary alicyclic amines) is 1. The first-order valence-corrected chi connectivity index (χ1v) is 11.3. The van der Waals surface area contributed by atoms with Crippen LogP contribution in [0.15, 0.2) is 48.5 Å². The van der Waals surface area contributed by atoms with Crippen LogP contribution in [0.5, 0.6) is 5.75 Å². The molecule has 3 aromatic rings. The molecular weight excluding hydrogens is 372 g/mol. The number of rotatable bonds is 9. The van der Waals surface area contributed by atoms with Crippen LogP contribution in [0.1, 0.15) is 56.5 Å². The smallest absolute Gasteiger partial charge is 0.129 e. The Morgan fingerprint density at radius 1 is 1.13 bits per heavy atom. The summed E-state index contributed by atoms with van der Waals surface area (Å²) in [7, 11) is 2.20. The zero-order valence-corrected chi connectivity index (χ0v) is 18.2. The van der Waals surface area contributed by atoms with E-state index < -0.39 is 0 Å². The molecule has 5 nitrogen and oxygen atoms in total. The van der Waals surface area contributed by atoms with Crippen molar-refractivity contribution in [1.82, 2.24) is 20.2 Å². The van der Waals surface area contributed by atoms with Crippen LogP contribution in [-0.2, 0) is 0 Å². The number of benzene rings is 2. The number of H-pyrrole nitrogens is 1. The summed E-state index contributed by atoms with van der Waals surface area (Å²) in [6, 6.07) is 17.2. The third-order valence-corrected chi connectivity index (χ3v) is 6.01. The number of hydrogen-bond acceptors (Lipinski definition) is 4. The summed E-state index contributed by atoms with van der Waals surface area (Å²) in [5.41, 5.74) is 3.28. The van der Waals surface area contributed by atoms with Gasteiger partial charge in [0.1, 0.15) is 11.6 Å². The van der Waals surface area contributed by atoms with Gasteiger partial charge in [-0.25, -0.2) is 4.98 Å². The lowest BCUT2D eigenvalue weighted by Crippen LogP contribution is -2.42. The monoisotopic (exact) mass is 406 g/mol. The van der Waals surface area contributed by atoms with E-state index >= 15 is 0 Å². The maximum Gasteiger partial charge on any atom is 0.129 e. The third-order valence-electron chi connectivity index (χ3n) is 6.01. The summed E-state index contributed by atoms with van der Waals surface area (Å²) in [5, 5.41) is 3.90. The fourth-order valence-electron chi connectivity index (χ4n) is 4.18. The van der Waals surface area contributed by atoms with E-state index in [1.807, 2.05) is 6.07 Å². The number of piperidine rings is 1. The Bertz CT molecular complexity index is 897. The highest BCUT2D eigenvalue weighted by Crippen LogP contribution is 2.27. The maximum absolute atomic E-state index is 6.03. The number of unbranched alkanes of at least 4 members (excludes halogenated alkanes) is 2. The lowest BCUT2D eigenvalue weighted by molar-refractivity contribution is 0.228. The molecule has 1 aliphatic heterocycles. The van der Waals surface area contributed by atoms with E-state index in [1.54, 1.807) is 0 Å². The Morgan fingerprint density at radius 2 is 1.97 bits per heavy atom. The Hall–Kier alpha value is -2.37. The first-order chi connectivity index (χ1) is 14.7. The summed E-state index contributed by atoms with van der Waals surface area (Å²) in [4.78, 5) is 10.9. The second-order valence-corrected chi connectivity index (χ2v) is 8.44. The molecule has 2 heterocycles. The summed E-state index contributed by atoms with van der Waals surface area (Å²) in [5.74, 6) is 1.91. The number of hydrogen-bond donors (Lipinski definition) is 2. The summed E-state index contributed by atoms with van der Waals surface area (Å²) < 4.78 is 6.03. The fourth-order valence-corrected chi connectivity index (χ4v) is 4.18. The van der Waals surface area contributed by atoms with Crippen LogP contribution in [0.3, 0.4) is 0 Å². The first-order valence-electron chi connectivity index (χ1n) is 11.3. The molecule has 1 aliphatic rings. The van der Waals surface area contributed by atoms with Crippen LogP contribution in [0, 0.1) is 0 Å². The molecule has 1 saturated heterocycles. The molecule has 1 aromatic heterocycles. The van der Waals surface area contributed by atoms with Gasteiger partial charge in [-0.1, -0.05) is 44.0 Å². The number of fused-ring (bicyclic) bond motifs is 1. The van der Waals surface area contributed by atoms with Gasteiger partial charge in [0.25, 0.3) is 0 Å². The molecule has 0 saturated carbocycles. The number of aromatic nitrogens is 2. The number of nitrogens with zero attached hydrogens (tertiary/aromatic N) is 2. The number of nitrogens with one attached hydrogen (secondary N) is 2. The average Bonchev–Trinajstić information content (AvgIpc) is 3.20. The van der Waals surface area contributed by atoms with Crippen LogP contribution in [-0.4, -0.2) is 47.7 Å². The molecule has 2 aromatic carbocycles. The van der Waals surface area contributed by atoms with Gasteiger partial charge >= 0.3 is 0 Å². The van der Waals surface area contributed by atoms with Crippen molar-refractivity contribution in [3.05, 3.63) is 59.9 Å². The second kappa shape index (κ2) is 10.1. The predicted octanol–water partition coefficient (Wildman–Crippen LogP) is 4.91. The number of ether oxygens (including phenoxy) is 1. The molecule has 5 heteroatoms. The molecule has 160 valence electrons. The molecule has 0 amide bonds. The molecule has 0 radical (unpaired) electrons. The summed E-state index contributed by atoms with van der Waals surface area (Å²) >= 11 is 0. The first kappa shape index (κ1) is 20.9. The number of para-hydroxylation sites is 2. The second-order valence-electron chi connectivity index (χ2n) is 8.44. The van der Waals surface area contributed by atoms with E-state index in [2.05, 4.69) is 71.6 Å². The van der Waals surface area contributed by atoms with Gasteiger partial charge in [0, 0.05) is 6.04 Å². The largest absolute Gasteiger partial charge is 0.494 e. The van der Waals surface area contributed by atoms with Gasteiger partial charge in [0.15, 0.2) is 0 Å². The van der Waals surface area contributed by atoms with Crippen molar-refractivity contribution in [1.29, 1.82) is 0 Å². The molecule has 1 unspecified atom stereocenters. The van der Waals surface area contributed by atoms with Crippen LogP contribution < -0.4 is 10.1 Å². The van der Waals surface area contributed by atoms with Gasteiger partial charge in [-0.15, -0.1) is 0 Å². The molecule has 0 aliphatic carbocycles. The van der Waals surface area contributed by atoms with E-state index in [4.69, 9.17) is 9.72 Å². The lowest BCUT2D eigenvalue weighted by atomic mass is 10.0. The van der Waals surface area contributed by atoms with Crippen molar-refractivity contribution >= 4 is 11.0 Å². The van der Waals surface area contributed by atoms with Crippen molar-refractivity contribution in [2.45, 2.75) is 51.1 Å². The van der Waals surface area contributed by atoms with Gasteiger partial charge in [-0.05, 0) is 69.2 Å². The number of aromatic amines is 1. The van der Waals surface area contributed by atoms with E-state index in [1.165, 1.54) is 18.4 Å². The van der Waals surface area contributed by atoms with Crippen LogP contribution in [0.4, 0.5) is 0 Å². The Balaban J connectivity index is 1.58. The SMILES string of the molecule is CCCCCOc1cccc(C(NC2CCN(C)CC2)c2nc3ccccc3[nH]2)c1. The predicted molar refractivity (Wildman–Crippen MR) is 123 cm³/mol. The highest BCUT2D eigenvalue weighted by atomic mass is 16.5. The topological polar surface area (TPSA) is 53.2 Å². The Kier molecular flexibility index (Phi) is 7.03. The summed E-state index contributed by atoms with van der Waals surface area (Å²) in [6.07, 6.45) is 5.82. The highest BCUT2D eigenvalue weighted by molar-refractivity contribution is 5.75. The normalized spacial score (nSPS) is 16.7.